The van der Waals surface area contributed by atoms with Gasteiger partial charge in [-0.15, -0.1) is 0 Å². The Morgan fingerprint density at radius 3 is 3.00 bits per heavy atom. The second kappa shape index (κ2) is 5.61. The SMILES string of the molecule is COc1ccc(CN2CCC3(CCNC3)C2)cc1[N+](=O)[O-]. The normalized spacial score (nSPS) is 25.6. The van der Waals surface area contributed by atoms with Crippen molar-refractivity contribution in [1.29, 1.82) is 0 Å². The van der Waals surface area contributed by atoms with Gasteiger partial charge in [0, 0.05) is 25.7 Å². The zero-order valence-corrected chi connectivity index (χ0v) is 12.3. The average molecular weight is 291 g/mol. The van der Waals surface area contributed by atoms with Gasteiger partial charge in [0.15, 0.2) is 5.75 Å². The van der Waals surface area contributed by atoms with Crippen LogP contribution in [0.25, 0.3) is 0 Å². The Morgan fingerprint density at radius 1 is 1.48 bits per heavy atom. The molecule has 1 spiro atoms. The first-order chi connectivity index (χ1) is 10.1. The highest BCUT2D eigenvalue weighted by Gasteiger charge is 2.40. The number of ether oxygens (including phenoxy) is 1. The third-order valence-corrected chi connectivity index (χ3v) is 4.70. The summed E-state index contributed by atoms with van der Waals surface area (Å²) in [6.45, 7) is 5.14. The Morgan fingerprint density at radius 2 is 2.33 bits per heavy atom. The molecular weight excluding hydrogens is 270 g/mol. The summed E-state index contributed by atoms with van der Waals surface area (Å²) in [6, 6.07) is 5.25. The van der Waals surface area contributed by atoms with Crippen molar-refractivity contribution >= 4 is 5.69 Å². The molecule has 0 aromatic heterocycles. The quantitative estimate of drug-likeness (QED) is 0.676. The average Bonchev–Trinajstić information content (AvgIpc) is 3.09. The van der Waals surface area contributed by atoms with Crippen LogP contribution >= 0.6 is 0 Å². The highest BCUT2D eigenvalue weighted by Crippen LogP contribution is 2.37. The summed E-state index contributed by atoms with van der Waals surface area (Å²) in [6.07, 6.45) is 2.46. The van der Waals surface area contributed by atoms with Crippen molar-refractivity contribution in [3.8, 4) is 5.75 Å². The van der Waals surface area contributed by atoms with Crippen molar-refractivity contribution in [3.63, 3.8) is 0 Å². The zero-order chi connectivity index (χ0) is 14.9. The third-order valence-electron chi connectivity index (χ3n) is 4.70. The van der Waals surface area contributed by atoms with Gasteiger partial charge in [0.1, 0.15) is 0 Å². The summed E-state index contributed by atoms with van der Waals surface area (Å²) in [5.41, 5.74) is 1.45. The Balaban J connectivity index is 1.71. The van der Waals surface area contributed by atoms with E-state index in [1.165, 1.54) is 20.0 Å². The smallest absolute Gasteiger partial charge is 0.311 e. The van der Waals surface area contributed by atoms with Gasteiger partial charge in [-0.3, -0.25) is 15.0 Å². The Labute approximate surface area is 124 Å². The number of likely N-dealkylation sites (tertiary alicyclic amines) is 1. The van der Waals surface area contributed by atoms with E-state index in [2.05, 4.69) is 10.2 Å². The van der Waals surface area contributed by atoms with Crippen molar-refractivity contribution < 1.29 is 9.66 Å². The van der Waals surface area contributed by atoms with Gasteiger partial charge < -0.3 is 10.1 Å². The fourth-order valence-corrected chi connectivity index (χ4v) is 3.54. The van der Waals surface area contributed by atoms with Crippen LogP contribution in [-0.4, -0.2) is 43.1 Å². The lowest BCUT2D eigenvalue weighted by atomic mass is 9.86. The number of hydrogen-bond acceptors (Lipinski definition) is 5. The molecule has 2 saturated heterocycles. The van der Waals surface area contributed by atoms with Crippen molar-refractivity contribution in [2.45, 2.75) is 19.4 Å². The molecule has 1 atom stereocenters. The second-order valence-corrected chi connectivity index (χ2v) is 6.15. The summed E-state index contributed by atoms with van der Waals surface area (Å²) in [7, 11) is 1.46. The summed E-state index contributed by atoms with van der Waals surface area (Å²) in [4.78, 5) is 13.1. The van der Waals surface area contributed by atoms with Gasteiger partial charge in [0.2, 0.25) is 0 Å². The van der Waals surface area contributed by atoms with Crippen LogP contribution in [0.5, 0.6) is 5.75 Å². The highest BCUT2D eigenvalue weighted by atomic mass is 16.6. The van der Waals surface area contributed by atoms with E-state index < -0.39 is 0 Å². The third kappa shape index (κ3) is 2.87. The van der Waals surface area contributed by atoms with Crippen LogP contribution in [-0.2, 0) is 6.54 Å². The maximum atomic E-state index is 11.1. The predicted molar refractivity (Wildman–Crippen MR) is 79.5 cm³/mol. The van der Waals surface area contributed by atoms with Crippen LogP contribution in [0, 0.1) is 15.5 Å². The molecule has 0 aliphatic carbocycles. The van der Waals surface area contributed by atoms with E-state index in [1.807, 2.05) is 6.07 Å². The van der Waals surface area contributed by atoms with Crippen molar-refractivity contribution in [2.24, 2.45) is 5.41 Å². The monoisotopic (exact) mass is 291 g/mol. The molecule has 114 valence electrons. The number of methoxy groups -OCH3 is 1. The Kier molecular flexibility index (Phi) is 3.82. The lowest BCUT2D eigenvalue weighted by Crippen LogP contribution is -2.28. The molecule has 21 heavy (non-hydrogen) atoms. The van der Waals surface area contributed by atoms with Gasteiger partial charge in [0.05, 0.1) is 12.0 Å². The topological polar surface area (TPSA) is 67.6 Å². The number of nitro groups is 1. The molecule has 1 unspecified atom stereocenters. The van der Waals surface area contributed by atoms with Gasteiger partial charge in [-0.1, -0.05) is 6.07 Å². The molecule has 1 aromatic carbocycles. The van der Waals surface area contributed by atoms with Gasteiger partial charge in [-0.25, -0.2) is 0 Å². The van der Waals surface area contributed by atoms with Crippen LogP contribution in [0.3, 0.4) is 0 Å². The number of hydrogen-bond donors (Lipinski definition) is 1. The summed E-state index contributed by atoms with van der Waals surface area (Å²) in [5.74, 6) is 0.321. The van der Waals surface area contributed by atoms with E-state index in [0.717, 1.165) is 38.3 Å². The molecule has 6 nitrogen and oxygen atoms in total. The zero-order valence-electron chi connectivity index (χ0n) is 12.3. The first kappa shape index (κ1) is 14.3. The van der Waals surface area contributed by atoms with Crippen molar-refractivity contribution in [3.05, 3.63) is 33.9 Å². The largest absolute Gasteiger partial charge is 0.490 e. The van der Waals surface area contributed by atoms with Gasteiger partial charge in [-0.2, -0.15) is 0 Å². The molecule has 0 radical (unpaired) electrons. The first-order valence-corrected chi connectivity index (χ1v) is 7.36. The van der Waals surface area contributed by atoms with Crippen LogP contribution in [0.4, 0.5) is 5.69 Å². The van der Waals surface area contributed by atoms with Crippen LogP contribution < -0.4 is 10.1 Å². The summed E-state index contributed by atoms with van der Waals surface area (Å²) >= 11 is 0. The number of nitrogens with one attached hydrogen (secondary N) is 1. The second-order valence-electron chi connectivity index (χ2n) is 6.15. The number of nitrogens with zero attached hydrogens (tertiary/aromatic N) is 2. The summed E-state index contributed by atoms with van der Waals surface area (Å²) in [5, 5.41) is 14.5. The van der Waals surface area contributed by atoms with Crippen LogP contribution in [0.2, 0.25) is 0 Å². The summed E-state index contributed by atoms with van der Waals surface area (Å²) < 4.78 is 5.04. The minimum absolute atomic E-state index is 0.0476. The molecule has 3 rings (SSSR count). The Hall–Kier alpha value is -1.66. The molecule has 2 heterocycles. The van der Waals surface area contributed by atoms with E-state index in [0.29, 0.717) is 11.2 Å². The molecule has 2 aliphatic heterocycles. The lowest BCUT2D eigenvalue weighted by Gasteiger charge is -2.22. The molecule has 2 aliphatic rings. The van der Waals surface area contributed by atoms with Gasteiger partial charge in [-0.05, 0) is 43.0 Å². The maximum Gasteiger partial charge on any atom is 0.311 e. The minimum Gasteiger partial charge on any atom is -0.490 e. The van der Waals surface area contributed by atoms with Crippen molar-refractivity contribution in [1.82, 2.24) is 10.2 Å². The predicted octanol–water partition coefficient (Wildman–Crippen LogP) is 1.79. The molecule has 0 bridgehead atoms. The van der Waals surface area contributed by atoms with Gasteiger partial charge >= 0.3 is 5.69 Å². The number of nitro benzene ring substituents is 1. The molecule has 1 aromatic rings. The van der Waals surface area contributed by atoms with E-state index in [9.17, 15) is 10.1 Å². The van der Waals surface area contributed by atoms with Crippen LogP contribution in [0.1, 0.15) is 18.4 Å². The van der Waals surface area contributed by atoms with E-state index >= 15 is 0 Å². The minimum atomic E-state index is -0.380. The fourth-order valence-electron chi connectivity index (χ4n) is 3.54. The van der Waals surface area contributed by atoms with E-state index in [1.54, 1.807) is 12.1 Å². The molecule has 0 saturated carbocycles. The van der Waals surface area contributed by atoms with E-state index in [-0.39, 0.29) is 10.6 Å². The maximum absolute atomic E-state index is 11.1. The van der Waals surface area contributed by atoms with Crippen LogP contribution in [0.15, 0.2) is 18.2 Å². The standard InChI is InChI=1S/C15H21N3O3/c1-21-14-3-2-12(8-13(14)18(19)20)9-17-7-5-15(11-17)4-6-16-10-15/h2-3,8,16H,4-7,9-11H2,1H3. The number of benzene rings is 1. The van der Waals surface area contributed by atoms with Gasteiger partial charge in [0.25, 0.3) is 0 Å². The van der Waals surface area contributed by atoms with Crippen molar-refractivity contribution in [2.75, 3.05) is 33.3 Å². The lowest BCUT2D eigenvalue weighted by molar-refractivity contribution is -0.385. The van der Waals surface area contributed by atoms with E-state index in [4.69, 9.17) is 4.74 Å². The molecule has 0 amide bonds. The molecule has 6 heteroatoms. The molecule has 2 fully saturated rings. The number of rotatable bonds is 4. The highest BCUT2D eigenvalue weighted by molar-refractivity contribution is 5.48. The Bertz CT molecular complexity index is 541. The fraction of sp³-hybridized carbons (Fsp3) is 0.600. The molecular formula is C15H21N3O3. The molecule has 1 N–H and O–H groups in total. The first-order valence-electron chi connectivity index (χ1n) is 7.36.